The lowest BCUT2D eigenvalue weighted by molar-refractivity contribution is -0.261. The average molecular weight is 450 g/mol. The van der Waals surface area contributed by atoms with Crippen LogP contribution in [-0.2, 0) is 9.47 Å². The molecule has 5 unspecified atom stereocenters. The topological polar surface area (TPSA) is 179 Å². The lowest BCUT2D eigenvalue weighted by atomic mass is 10.00. The van der Waals surface area contributed by atoms with Crippen molar-refractivity contribution in [2.75, 3.05) is 13.7 Å². The van der Waals surface area contributed by atoms with Gasteiger partial charge in [0, 0.05) is 17.7 Å². The molecule has 0 amide bonds. The summed E-state index contributed by atoms with van der Waals surface area (Å²) in [4.78, 5) is 0. The Morgan fingerprint density at radius 1 is 0.938 bits per heavy atom. The highest BCUT2D eigenvalue weighted by atomic mass is 16.7. The van der Waals surface area contributed by atoms with Gasteiger partial charge in [-0.2, -0.15) is 0 Å². The Morgan fingerprint density at radius 2 is 1.69 bits per heavy atom. The molecule has 0 aromatic heterocycles. The summed E-state index contributed by atoms with van der Waals surface area (Å²) < 4.78 is 22.0. The first-order valence-electron chi connectivity index (χ1n) is 9.56. The summed E-state index contributed by atoms with van der Waals surface area (Å²) in [7, 11) is 1.29. The first-order chi connectivity index (χ1) is 15.2. The molecule has 5 atom stereocenters. The van der Waals surface area contributed by atoms with Crippen molar-refractivity contribution in [2.45, 2.75) is 30.7 Å². The van der Waals surface area contributed by atoms with Crippen molar-refractivity contribution in [1.29, 1.82) is 0 Å². The second kappa shape index (κ2) is 8.28. The van der Waals surface area contributed by atoms with E-state index in [0.717, 1.165) is 6.07 Å². The standard InChI is InChI=1S/C21H22O11/c1-29-15-3-8(2-12(24)17(15)26)20-16(32-21-19(28)18(27)13(25)7-30-21)6-10-11(23)4-9(22)5-14(10)31-20/h2-6,13,18-28H,7H2,1H3. The van der Waals surface area contributed by atoms with E-state index < -0.39 is 42.2 Å². The molecule has 0 spiro atoms. The number of benzene rings is 2. The van der Waals surface area contributed by atoms with Gasteiger partial charge in [-0.05, 0) is 18.2 Å². The number of hydrogen-bond donors (Lipinski definition) is 7. The predicted molar refractivity (Wildman–Crippen MR) is 106 cm³/mol. The van der Waals surface area contributed by atoms with Crippen LogP contribution in [0.1, 0.15) is 17.2 Å². The highest BCUT2D eigenvalue weighted by molar-refractivity contribution is 5.70. The smallest absolute Gasteiger partial charge is 0.228 e. The van der Waals surface area contributed by atoms with Gasteiger partial charge in [0.1, 0.15) is 41.3 Å². The molecule has 2 aliphatic rings. The second-order valence-corrected chi connectivity index (χ2v) is 7.38. The predicted octanol–water partition coefficient (Wildman–Crippen LogP) is 0.448. The normalized spacial score (nSPS) is 27.1. The van der Waals surface area contributed by atoms with Gasteiger partial charge in [-0.3, -0.25) is 0 Å². The van der Waals surface area contributed by atoms with Gasteiger partial charge in [-0.25, -0.2) is 0 Å². The van der Waals surface area contributed by atoms with Crippen LogP contribution in [0.25, 0.3) is 6.08 Å². The lowest BCUT2D eigenvalue weighted by Crippen LogP contribution is -2.53. The van der Waals surface area contributed by atoms with E-state index in [1.165, 1.54) is 31.4 Å². The van der Waals surface area contributed by atoms with Crippen LogP contribution >= 0.6 is 0 Å². The fourth-order valence-corrected chi connectivity index (χ4v) is 3.51. The van der Waals surface area contributed by atoms with Crippen molar-refractivity contribution < 1.29 is 54.7 Å². The zero-order valence-corrected chi connectivity index (χ0v) is 16.7. The van der Waals surface area contributed by atoms with E-state index in [1.54, 1.807) is 0 Å². The maximum Gasteiger partial charge on any atom is 0.228 e. The molecule has 0 radical (unpaired) electrons. The van der Waals surface area contributed by atoms with Gasteiger partial charge in [-0.1, -0.05) is 0 Å². The average Bonchev–Trinajstić information content (AvgIpc) is 2.75. The minimum absolute atomic E-state index is 0.00160. The molecule has 7 N–H and O–H groups in total. The first kappa shape index (κ1) is 21.8. The molecule has 2 aromatic rings. The van der Waals surface area contributed by atoms with Crippen molar-refractivity contribution in [3.05, 3.63) is 41.2 Å². The fourth-order valence-electron chi connectivity index (χ4n) is 3.51. The number of phenols is 4. The largest absolute Gasteiger partial charge is 0.508 e. The Bertz CT molecular complexity index is 1050. The molecule has 2 aromatic carbocycles. The Kier molecular flexibility index (Phi) is 5.65. The van der Waals surface area contributed by atoms with Crippen LogP contribution in [0.4, 0.5) is 0 Å². The van der Waals surface area contributed by atoms with Crippen LogP contribution in [0, 0.1) is 0 Å². The molecule has 0 saturated carbocycles. The summed E-state index contributed by atoms with van der Waals surface area (Å²) in [6.45, 7) is -0.300. The van der Waals surface area contributed by atoms with Crippen LogP contribution in [0.2, 0.25) is 0 Å². The number of aliphatic hydroxyl groups excluding tert-OH is 3. The molecule has 2 aliphatic heterocycles. The Balaban J connectivity index is 1.77. The molecule has 0 bridgehead atoms. The van der Waals surface area contributed by atoms with Gasteiger partial charge in [0.2, 0.25) is 12.0 Å². The minimum Gasteiger partial charge on any atom is -0.508 e. The summed E-state index contributed by atoms with van der Waals surface area (Å²) in [6, 6.07) is 4.93. The third-order valence-electron chi connectivity index (χ3n) is 5.20. The first-order valence-corrected chi connectivity index (χ1v) is 9.56. The monoisotopic (exact) mass is 450 g/mol. The molecule has 11 nitrogen and oxygen atoms in total. The van der Waals surface area contributed by atoms with Gasteiger partial charge in [-0.15, -0.1) is 0 Å². The number of aliphatic hydroxyl groups is 3. The van der Waals surface area contributed by atoms with E-state index in [-0.39, 0.29) is 46.5 Å². The van der Waals surface area contributed by atoms with Crippen molar-refractivity contribution in [3.63, 3.8) is 0 Å². The molecule has 1 saturated heterocycles. The van der Waals surface area contributed by atoms with Gasteiger partial charge >= 0.3 is 0 Å². The quantitative estimate of drug-likeness (QED) is 0.322. The van der Waals surface area contributed by atoms with Crippen molar-refractivity contribution in [1.82, 2.24) is 0 Å². The second-order valence-electron chi connectivity index (χ2n) is 7.38. The summed E-state index contributed by atoms with van der Waals surface area (Å²) in [5.41, 5.74) is 0.415. The van der Waals surface area contributed by atoms with E-state index >= 15 is 0 Å². The fraction of sp³-hybridized carbons (Fsp3) is 0.333. The van der Waals surface area contributed by atoms with Crippen LogP contribution in [0.15, 0.2) is 30.0 Å². The van der Waals surface area contributed by atoms with Crippen molar-refractivity contribution >= 4 is 6.08 Å². The Hall–Kier alpha value is -3.38. The zero-order chi connectivity index (χ0) is 23.2. The van der Waals surface area contributed by atoms with Crippen molar-refractivity contribution in [3.8, 4) is 34.5 Å². The highest BCUT2D eigenvalue weighted by Crippen LogP contribution is 2.46. The molecule has 0 aliphatic carbocycles. The molecular formula is C21H22O11. The minimum atomic E-state index is -1.60. The van der Waals surface area contributed by atoms with E-state index in [2.05, 4.69) is 0 Å². The maximum absolute atomic E-state index is 10.2. The van der Waals surface area contributed by atoms with E-state index in [4.69, 9.17) is 18.9 Å². The number of rotatable bonds is 4. The van der Waals surface area contributed by atoms with Crippen molar-refractivity contribution in [2.24, 2.45) is 0 Å². The Morgan fingerprint density at radius 3 is 2.41 bits per heavy atom. The van der Waals surface area contributed by atoms with E-state index in [9.17, 15) is 35.7 Å². The lowest BCUT2D eigenvalue weighted by Gasteiger charge is -2.37. The molecule has 172 valence electrons. The van der Waals surface area contributed by atoms with Gasteiger partial charge in [0.05, 0.1) is 19.3 Å². The third kappa shape index (κ3) is 3.82. The number of methoxy groups -OCH3 is 1. The van der Waals surface area contributed by atoms with Gasteiger partial charge in [0.25, 0.3) is 0 Å². The third-order valence-corrected chi connectivity index (χ3v) is 5.20. The van der Waals surface area contributed by atoms with E-state index in [1.807, 2.05) is 0 Å². The SMILES string of the molecule is COc1cc(C2Oc3cc(O)cc(O)c3C=C2OC2OCC(O)C(O)C2O)cc(O)c1O. The van der Waals surface area contributed by atoms with Crippen LogP contribution in [-0.4, -0.2) is 74.1 Å². The molecule has 1 fully saturated rings. The molecule has 11 heteroatoms. The van der Waals surface area contributed by atoms with Gasteiger partial charge in [0.15, 0.2) is 17.6 Å². The zero-order valence-electron chi connectivity index (χ0n) is 16.7. The van der Waals surface area contributed by atoms with Crippen LogP contribution in [0.5, 0.6) is 34.5 Å². The summed E-state index contributed by atoms with van der Waals surface area (Å²) >= 11 is 0. The van der Waals surface area contributed by atoms with Crippen LogP contribution < -0.4 is 9.47 Å². The maximum atomic E-state index is 10.2. The number of aromatic hydroxyl groups is 4. The number of fused-ring (bicyclic) bond motifs is 1. The number of phenolic OH excluding ortho intramolecular Hbond substituents is 4. The summed E-state index contributed by atoms with van der Waals surface area (Å²) in [6.07, 6.45) is -5.54. The summed E-state index contributed by atoms with van der Waals surface area (Å²) in [5, 5.41) is 69.9. The Labute approximate surface area is 181 Å². The molecule has 2 heterocycles. The highest BCUT2D eigenvalue weighted by Gasteiger charge is 2.41. The van der Waals surface area contributed by atoms with Gasteiger partial charge < -0.3 is 54.7 Å². The van der Waals surface area contributed by atoms with E-state index in [0.29, 0.717) is 0 Å². The number of ether oxygens (including phenoxy) is 4. The summed E-state index contributed by atoms with van der Waals surface area (Å²) in [5.74, 6) is -1.53. The molecule has 4 rings (SSSR count). The molecule has 32 heavy (non-hydrogen) atoms. The molecular weight excluding hydrogens is 428 g/mol. The number of hydrogen-bond acceptors (Lipinski definition) is 11. The van der Waals surface area contributed by atoms with Crippen LogP contribution in [0.3, 0.4) is 0 Å².